The first-order valence-corrected chi connectivity index (χ1v) is 10.5. The van der Waals surface area contributed by atoms with E-state index in [9.17, 15) is 9.59 Å². The van der Waals surface area contributed by atoms with E-state index in [4.69, 9.17) is 0 Å². The van der Waals surface area contributed by atoms with E-state index in [1.54, 1.807) is 26.0 Å². The first kappa shape index (κ1) is 21.1. The number of hydrogen-bond acceptors (Lipinski definition) is 3. The quantitative estimate of drug-likeness (QED) is 0.585. The van der Waals surface area contributed by atoms with Crippen molar-refractivity contribution in [2.45, 2.75) is 44.7 Å². The number of nitrogens with one attached hydrogen (secondary N) is 2. The molecule has 0 radical (unpaired) electrons. The molecule has 1 atom stereocenters. The average molecular weight is 400 g/mol. The molecule has 1 aromatic rings. The van der Waals surface area contributed by atoms with Gasteiger partial charge >= 0.3 is 0 Å². The van der Waals surface area contributed by atoms with Crippen LogP contribution in [0.3, 0.4) is 0 Å². The maximum Gasteiger partial charge on any atom is 0.253 e. The molecular weight excluding hydrogens is 366 g/mol. The van der Waals surface area contributed by atoms with Crippen LogP contribution < -0.4 is 10.6 Å². The highest BCUT2D eigenvalue weighted by molar-refractivity contribution is 5.93. The van der Waals surface area contributed by atoms with E-state index in [-0.39, 0.29) is 17.9 Å². The lowest BCUT2D eigenvalue weighted by Gasteiger charge is -2.21. The molecule has 0 bridgehead atoms. The van der Waals surface area contributed by atoms with E-state index in [2.05, 4.69) is 15.6 Å². The van der Waals surface area contributed by atoms with Crippen molar-refractivity contribution in [3.8, 4) is 0 Å². The second kappa shape index (κ2) is 9.76. The first-order valence-electron chi connectivity index (χ1n) is 10.5. The van der Waals surface area contributed by atoms with Gasteiger partial charge in [-0.05, 0) is 37.0 Å². The summed E-state index contributed by atoms with van der Waals surface area (Å²) in [5.41, 5.74) is 1.76. The van der Waals surface area contributed by atoms with E-state index < -0.39 is 0 Å². The lowest BCUT2D eigenvalue weighted by molar-refractivity contribution is -0.134. The van der Waals surface area contributed by atoms with E-state index in [0.29, 0.717) is 18.0 Å². The minimum atomic E-state index is -0.0000702. The van der Waals surface area contributed by atoms with Crippen LogP contribution in [0.15, 0.2) is 29.3 Å². The second-order valence-corrected chi connectivity index (χ2v) is 8.22. The number of benzene rings is 1. The highest BCUT2D eigenvalue weighted by atomic mass is 16.2. The summed E-state index contributed by atoms with van der Waals surface area (Å²) >= 11 is 0. The van der Waals surface area contributed by atoms with Gasteiger partial charge in [0.15, 0.2) is 5.96 Å². The third kappa shape index (κ3) is 5.49. The lowest BCUT2D eigenvalue weighted by atomic mass is 10.1. The highest BCUT2D eigenvalue weighted by Crippen LogP contribution is 2.27. The van der Waals surface area contributed by atoms with Crippen molar-refractivity contribution < 1.29 is 9.59 Å². The van der Waals surface area contributed by atoms with Crippen LogP contribution in [0.1, 0.15) is 48.0 Å². The van der Waals surface area contributed by atoms with E-state index in [1.807, 2.05) is 29.2 Å². The number of carbonyl (C=O) groups excluding carboxylic acids is 2. The molecule has 1 unspecified atom stereocenters. The van der Waals surface area contributed by atoms with E-state index in [1.165, 1.54) is 12.8 Å². The van der Waals surface area contributed by atoms with Crippen LogP contribution in [-0.4, -0.2) is 67.8 Å². The van der Waals surface area contributed by atoms with Gasteiger partial charge in [0.1, 0.15) is 0 Å². The first-order chi connectivity index (χ1) is 14.0. The molecule has 2 N–H and O–H groups in total. The molecule has 158 valence electrons. The number of nitrogens with zero attached hydrogens (tertiary/aromatic N) is 3. The van der Waals surface area contributed by atoms with Crippen molar-refractivity contribution in [2.24, 2.45) is 10.9 Å². The van der Waals surface area contributed by atoms with E-state index in [0.717, 1.165) is 43.9 Å². The Hall–Kier alpha value is -2.57. The topological polar surface area (TPSA) is 77.0 Å². The summed E-state index contributed by atoms with van der Waals surface area (Å²) in [6.45, 7) is 2.19. The predicted octanol–water partition coefficient (Wildman–Crippen LogP) is 1.84. The van der Waals surface area contributed by atoms with Crippen molar-refractivity contribution >= 4 is 17.8 Å². The second-order valence-electron chi connectivity index (χ2n) is 8.22. The van der Waals surface area contributed by atoms with Crippen molar-refractivity contribution in [3.05, 3.63) is 35.4 Å². The van der Waals surface area contributed by atoms with Crippen LogP contribution in [0, 0.1) is 5.92 Å². The maximum atomic E-state index is 12.6. The zero-order chi connectivity index (χ0) is 20.8. The van der Waals surface area contributed by atoms with Gasteiger partial charge in [-0.3, -0.25) is 14.6 Å². The summed E-state index contributed by atoms with van der Waals surface area (Å²) < 4.78 is 0. The number of hydrogen-bond donors (Lipinski definition) is 2. The van der Waals surface area contributed by atoms with Gasteiger partial charge in [-0.2, -0.15) is 0 Å². The van der Waals surface area contributed by atoms with Crippen LogP contribution in [-0.2, 0) is 11.3 Å². The van der Waals surface area contributed by atoms with Gasteiger partial charge in [-0.1, -0.05) is 25.0 Å². The molecule has 7 nitrogen and oxygen atoms in total. The fourth-order valence-electron chi connectivity index (χ4n) is 4.11. The summed E-state index contributed by atoms with van der Waals surface area (Å²) in [5, 5.41) is 6.76. The molecule has 7 heteroatoms. The number of aliphatic imine (C=N–C) groups is 1. The Kier molecular flexibility index (Phi) is 7.12. The third-order valence-corrected chi connectivity index (χ3v) is 5.84. The SMILES string of the molecule is CN=C(NCc1ccc(C(=O)N(C)C)cc1)NC1CCN(C(=O)C2CCCC2)C1. The molecule has 2 fully saturated rings. The molecule has 1 heterocycles. The van der Waals surface area contributed by atoms with Gasteiger partial charge in [0.05, 0.1) is 0 Å². The standard InChI is InChI=1S/C22H33N5O2/c1-23-22(24-14-16-8-10-18(11-9-16)20(28)26(2)3)25-19-12-13-27(15-19)21(29)17-6-4-5-7-17/h8-11,17,19H,4-7,12-15H2,1-3H3,(H2,23,24,25). The van der Waals surface area contributed by atoms with Crippen LogP contribution in [0.2, 0.25) is 0 Å². The number of amides is 2. The monoisotopic (exact) mass is 399 g/mol. The Bertz CT molecular complexity index is 738. The maximum absolute atomic E-state index is 12.6. The van der Waals surface area contributed by atoms with Crippen molar-refractivity contribution in [3.63, 3.8) is 0 Å². The van der Waals surface area contributed by atoms with Crippen LogP contribution in [0.4, 0.5) is 0 Å². The Labute approximate surface area is 173 Å². The fraction of sp³-hybridized carbons (Fsp3) is 0.591. The zero-order valence-corrected chi connectivity index (χ0v) is 17.8. The molecule has 3 rings (SSSR count). The summed E-state index contributed by atoms with van der Waals surface area (Å²) in [6.07, 6.45) is 5.42. The number of likely N-dealkylation sites (tertiary alicyclic amines) is 1. The minimum Gasteiger partial charge on any atom is -0.352 e. The van der Waals surface area contributed by atoms with Gasteiger partial charge in [-0.15, -0.1) is 0 Å². The Balaban J connectivity index is 1.46. The summed E-state index contributed by atoms with van der Waals surface area (Å²) in [4.78, 5) is 32.5. The number of rotatable bonds is 5. The zero-order valence-electron chi connectivity index (χ0n) is 17.8. The molecule has 1 saturated heterocycles. The molecular formula is C22H33N5O2. The molecule has 1 aromatic carbocycles. The summed E-state index contributed by atoms with van der Waals surface area (Å²) in [5.74, 6) is 1.31. The van der Waals surface area contributed by atoms with Gasteiger partial charge < -0.3 is 20.4 Å². The normalized spacial score (nSPS) is 20.0. The van der Waals surface area contributed by atoms with Gasteiger partial charge in [0, 0.05) is 58.3 Å². The van der Waals surface area contributed by atoms with Crippen LogP contribution >= 0.6 is 0 Å². The van der Waals surface area contributed by atoms with Gasteiger partial charge in [-0.25, -0.2) is 0 Å². The average Bonchev–Trinajstić information content (AvgIpc) is 3.42. The molecule has 1 saturated carbocycles. The minimum absolute atomic E-state index is 0.0000702. The third-order valence-electron chi connectivity index (χ3n) is 5.84. The number of guanidine groups is 1. The molecule has 1 aliphatic heterocycles. The molecule has 2 amide bonds. The molecule has 0 spiro atoms. The molecule has 2 aliphatic rings. The Morgan fingerprint density at radius 3 is 2.45 bits per heavy atom. The highest BCUT2D eigenvalue weighted by Gasteiger charge is 2.32. The van der Waals surface area contributed by atoms with Gasteiger partial charge in [0.25, 0.3) is 5.91 Å². The molecule has 29 heavy (non-hydrogen) atoms. The van der Waals surface area contributed by atoms with E-state index >= 15 is 0 Å². The largest absolute Gasteiger partial charge is 0.352 e. The van der Waals surface area contributed by atoms with Crippen LogP contribution in [0.25, 0.3) is 0 Å². The molecule has 1 aliphatic carbocycles. The number of carbonyl (C=O) groups is 2. The van der Waals surface area contributed by atoms with Crippen molar-refractivity contribution in [1.82, 2.24) is 20.4 Å². The van der Waals surface area contributed by atoms with Crippen LogP contribution in [0.5, 0.6) is 0 Å². The van der Waals surface area contributed by atoms with Crippen molar-refractivity contribution in [1.29, 1.82) is 0 Å². The van der Waals surface area contributed by atoms with Gasteiger partial charge in [0.2, 0.25) is 5.91 Å². The Morgan fingerprint density at radius 2 is 1.83 bits per heavy atom. The Morgan fingerprint density at radius 1 is 1.14 bits per heavy atom. The summed E-state index contributed by atoms with van der Waals surface area (Å²) in [7, 11) is 5.25. The van der Waals surface area contributed by atoms with Crippen molar-refractivity contribution in [2.75, 3.05) is 34.2 Å². The lowest BCUT2D eigenvalue weighted by Crippen LogP contribution is -2.45. The summed E-state index contributed by atoms with van der Waals surface area (Å²) in [6, 6.07) is 7.83. The molecule has 0 aromatic heterocycles. The predicted molar refractivity (Wildman–Crippen MR) is 115 cm³/mol. The fourth-order valence-corrected chi connectivity index (χ4v) is 4.11. The smallest absolute Gasteiger partial charge is 0.253 e.